The molecule has 0 atom stereocenters. The Hall–Kier alpha value is -3.55. The van der Waals surface area contributed by atoms with Crippen LogP contribution in [0.1, 0.15) is 10.5 Å². The predicted molar refractivity (Wildman–Crippen MR) is 92.6 cm³/mol. The summed E-state index contributed by atoms with van der Waals surface area (Å²) in [4.78, 5) is 20.4. The van der Waals surface area contributed by atoms with Gasteiger partial charge in [-0.1, -0.05) is 6.07 Å². The van der Waals surface area contributed by atoms with E-state index in [2.05, 4.69) is 20.6 Å². The summed E-state index contributed by atoms with van der Waals surface area (Å²) >= 11 is 0. The molecule has 0 radical (unpaired) electrons. The summed E-state index contributed by atoms with van der Waals surface area (Å²) in [5.41, 5.74) is 0.868. The maximum atomic E-state index is 13.2. The lowest BCUT2D eigenvalue weighted by atomic mass is 10.3. The van der Waals surface area contributed by atoms with Gasteiger partial charge in [0.15, 0.2) is 11.6 Å². The van der Waals surface area contributed by atoms with E-state index in [1.165, 1.54) is 18.3 Å². The normalized spacial score (nSPS) is 10.3. The van der Waals surface area contributed by atoms with E-state index in [4.69, 9.17) is 4.74 Å². The zero-order valence-electron chi connectivity index (χ0n) is 13.7. The lowest BCUT2D eigenvalue weighted by Gasteiger charge is -2.08. The first-order valence-electron chi connectivity index (χ1n) is 7.55. The Morgan fingerprint density at radius 2 is 1.88 bits per heavy atom. The van der Waals surface area contributed by atoms with Crippen LogP contribution in [0, 0.1) is 11.6 Å². The van der Waals surface area contributed by atoms with Gasteiger partial charge in [-0.15, -0.1) is 0 Å². The van der Waals surface area contributed by atoms with Gasteiger partial charge in [-0.2, -0.15) is 0 Å². The second-order valence-electron chi connectivity index (χ2n) is 5.21. The fourth-order valence-corrected chi connectivity index (χ4v) is 2.14. The van der Waals surface area contributed by atoms with E-state index in [-0.39, 0.29) is 17.3 Å². The number of nitrogens with zero attached hydrogens (tertiary/aromatic N) is 2. The molecular weight excluding hydrogens is 342 g/mol. The largest absolute Gasteiger partial charge is 0.497 e. The number of halogens is 2. The average Bonchev–Trinajstić information content (AvgIpc) is 2.65. The highest BCUT2D eigenvalue weighted by Gasteiger charge is 2.11. The summed E-state index contributed by atoms with van der Waals surface area (Å²) in [5, 5.41) is 5.41. The van der Waals surface area contributed by atoms with Gasteiger partial charge in [0.2, 0.25) is 5.95 Å². The van der Waals surface area contributed by atoms with Crippen molar-refractivity contribution >= 4 is 23.2 Å². The highest BCUT2D eigenvalue weighted by atomic mass is 19.2. The number of aromatic nitrogens is 2. The van der Waals surface area contributed by atoms with E-state index in [9.17, 15) is 13.6 Å². The summed E-state index contributed by atoms with van der Waals surface area (Å²) < 4.78 is 31.3. The summed E-state index contributed by atoms with van der Waals surface area (Å²) in [7, 11) is 1.55. The molecule has 132 valence electrons. The van der Waals surface area contributed by atoms with E-state index in [1.807, 2.05) is 0 Å². The number of hydrogen-bond donors (Lipinski definition) is 2. The smallest absolute Gasteiger partial charge is 0.274 e. The van der Waals surface area contributed by atoms with Gasteiger partial charge in [0.1, 0.15) is 11.4 Å². The highest BCUT2D eigenvalue weighted by Crippen LogP contribution is 2.19. The molecule has 0 fully saturated rings. The molecule has 0 saturated heterocycles. The van der Waals surface area contributed by atoms with Crippen molar-refractivity contribution in [2.24, 2.45) is 0 Å². The summed E-state index contributed by atoms with van der Waals surface area (Å²) in [6.45, 7) is 0. The SMILES string of the molecule is COc1cccc(Nc2nccc(C(=O)Nc3ccc(F)c(F)c3)n2)c1. The fourth-order valence-electron chi connectivity index (χ4n) is 2.14. The maximum Gasteiger partial charge on any atom is 0.274 e. The number of carbonyl (C=O) groups excluding carboxylic acids is 1. The van der Waals surface area contributed by atoms with Crippen molar-refractivity contribution in [1.82, 2.24) is 9.97 Å². The molecule has 1 amide bonds. The van der Waals surface area contributed by atoms with Crippen molar-refractivity contribution < 1.29 is 18.3 Å². The zero-order chi connectivity index (χ0) is 18.5. The number of nitrogens with one attached hydrogen (secondary N) is 2. The molecule has 0 bridgehead atoms. The first-order valence-corrected chi connectivity index (χ1v) is 7.55. The number of carbonyl (C=O) groups is 1. The topological polar surface area (TPSA) is 76.1 Å². The molecule has 0 aliphatic heterocycles. The maximum absolute atomic E-state index is 13.2. The Balaban J connectivity index is 1.75. The average molecular weight is 356 g/mol. The van der Waals surface area contributed by atoms with Gasteiger partial charge in [-0.05, 0) is 30.3 Å². The van der Waals surface area contributed by atoms with Gasteiger partial charge in [0.25, 0.3) is 5.91 Å². The van der Waals surface area contributed by atoms with Crippen LogP contribution in [-0.4, -0.2) is 23.0 Å². The highest BCUT2D eigenvalue weighted by molar-refractivity contribution is 6.03. The Labute approximate surface area is 147 Å². The van der Waals surface area contributed by atoms with E-state index in [0.717, 1.165) is 12.1 Å². The molecule has 2 aromatic carbocycles. The molecule has 0 saturated carbocycles. The molecule has 26 heavy (non-hydrogen) atoms. The van der Waals surface area contributed by atoms with Crippen LogP contribution in [0.5, 0.6) is 5.75 Å². The third kappa shape index (κ3) is 4.10. The molecule has 1 heterocycles. The Morgan fingerprint density at radius 1 is 1.04 bits per heavy atom. The van der Waals surface area contributed by atoms with E-state index < -0.39 is 17.5 Å². The third-order valence-corrected chi connectivity index (χ3v) is 3.39. The first kappa shape index (κ1) is 17.3. The fraction of sp³-hybridized carbons (Fsp3) is 0.0556. The number of ether oxygens (including phenoxy) is 1. The van der Waals surface area contributed by atoms with Crippen LogP contribution in [0.3, 0.4) is 0 Å². The molecule has 8 heteroatoms. The minimum absolute atomic E-state index is 0.0649. The number of anilines is 3. The number of benzene rings is 2. The lowest BCUT2D eigenvalue weighted by Crippen LogP contribution is -2.15. The monoisotopic (exact) mass is 356 g/mol. The van der Waals surface area contributed by atoms with Crippen molar-refractivity contribution in [3.8, 4) is 5.75 Å². The lowest BCUT2D eigenvalue weighted by molar-refractivity contribution is 0.102. The Kier molecular flexibility index (Phi) is 5.02. The van der Waals surface area contributed by atoms with Crippen molar-refractivity contribution in [3.63, 3.8) is 0 Å². The molecule has 6 nitrogen and oxygen atoms in total. The van der Waals surface area contributed by atoms with Crippen LogP contribution in [0.2, 0.25) is 0 Å². The molecule has 3 rings (SSSR count). The predicted octanol–water partition coefficient (Wildman–Crippen LogP) is 3.76. The second kappa shape index (κ2) is 7.56. The van der Waals surface area contributed by atoms with E-state index in [0.29, 0.717) is 11.4 Å². The van der Waals surface area contributed by atoms with Crippen LogP contribution >= 0.6 is 0 Å². The van der Waals surface area contributed by atoms with Gasteiger partial charge >= 0.3 is 0 Å². The van der Waals surface area contributed by atoms with Gasteiger partial charge in [0.05, 0.1) is 7.11 Å². The summed E-state index contributed by atoms with van der Waals surface area (Å²) in [6.07, 6.45) is 1.41. The van der Waals surface area contributed by atoms with Gasteiger partial charge in [0, 0.05) is 29.7 Å². The van der Waals surface area contributed by atoms with E-state index in [1.54, 1.807) is 31.4 Å². The molecule has 0 unspecified atom stereocenters. The number of hydrogen-bond acceptors (Lipinski definition) is 5. The first-order chi connectivity index (χ1) is 12.5. The number of rotatable bonds is 5. The number of amides is 1. The van der Waals surface area contributed by atoms with Crippen LogP contribution in [-0.2, 0) is 0 Å². The minimum Gasteiger partial charge on any atom is -0.497 e. The Bertz CT molecular complexity index is 950. The summed E-state index contributed by atoms with van der Waals surface area (Å²) in [5.74, 6) is -1.76. The second-order valence-corrected chi connectivity index (χ2v) is 5.21. The molecular formula is C18H14F2N4O2. The Morgan fingerprint density at radius 3 is 2.65 bits per heavy atom. The van der Waals surface area contributed by atoms with Gasteiger partial charge in [-0.3, -0.25) is 4.79 Å². The molecule has 0 aliphatic carbocycles. The molecule has 3 aromatic rings. The van der Waals surface area contributed by atoms with Crippen LogP contribution in [0.15, 0.2) is 54.7 Å². The van der Waals surface area contributed by atoms with Crippen molar-refractivity contribution in [2.45, 2.75) is 0 Å². The molecule has 1 aromatic heterocycles. The van der Waals surface area contributed by atoms with Crippen LogP contribution in [0.25, 0.3) is 0 Å². The number of methoxy groups -OCH3 is 1. The van der Waals surface area contributed by atoms with Crippen LogP contribution in [0.4, 0.5) is 26.1 Å². The van der Waals surface area contributed by atoms with Crippen LogP contribution < -0.4 is 15.4 Å². The van der Waals surface area contributed by atoms with Crippen molar-refractivity contribution in [2.75, 3.05) is 17.7 Å². The minimum atomic E-state index is -1.05. The van der Waals surface area contributed by atoms with Gasteiger partial charge < -0.3 is 15.4 Å². The quantitative estimate of drug-likeness (QED) is 0.728. The summed E-state index contributed by atoms with van der Waals surface area (Å²) in [6, 6.07) is 11.6. The third-order valence-electron chi connectivity index (χ3n) is 3.39. The zero-order valence-corrected chi connectivity index (χ0v) is 13.7. The molecule has 2 N–H and O–H groups in total. The molecule has 0 aliphatic rings. The van der Waals surface area contributed by atoms with Crippen molar-refractivity contribution in [3.05, 3.63) is 72.1 Å². The standard InChI is InChI=1S/C18H14F2N4O2/c1-26-13-4-2-3-11(9-13)23-18-21-8-7-16(24-18)17(25)22-12-5-6-14(19)15(20)10-12/h2-10H,1H3,(H,22,25)(H,21,23,24). The van der Waals surface area contributed by atoms with E-state index >= 15 is 0 Å². The molecule has 0 spiro atoms. The van der Waals surface area contributed by atoms with Gasteiger partial charge in [-0.25, -0.2) is 18.7 Å². The van der Waals surface area contributed by atoms with Crippen molar-refractivity contribution in [1.29, 1.82) is 0 Å².